The van der Waals surface area contributed by atoms with Gasteiger partial charge in [0.2, 0.25) is 0 Å². The molecule has 0 aliphatic carbocycles. The lowest BCUT2D eigenvalue weighted by Gasteiger charge is -2.14. The number of carboxylic acid groups (broad SMARTS) is 1. The first-order valence-corrected chi connectivity index (χ1v) is 7.61. The summed E-state index contributed by atoms with van der Waals surface area (Å²) in [5, 5.41) is 12.7. The van der Waals surface area contributed by atoms with Crippen LogP contribution in [0.25, 0.3) is 10.9 Å². The molecule has 0 aliphatic heterocycles. The van der Waals surface area contributed by atoms with Gasteiger partial charge < -0.3 is 24.9 Å². The fourth-order valence-corrected chi connectivity index (χ4v) is 2.04. The van der Waals surface area contributed by atoms with Crippen LogP contribution in [0.15, 0.2) is 18.2 Å². The van der Waals surface area contributed by atoms with Gasteiger partial charge in [-0.1, -0.05) is 6.07 Å². The minimum atomic E-state index is -1.05. The fourth-order valence-electron chi connectivity index (χ4n) is 2.04. The molecule has 0 saturated heterocycles. The molecule has 0 spiro atoms. The zero-order valence-corrected chi connectivity index (χ0v) is 14.6. The third-order valence-electron chi connectivity index (χ3n) is 2.67. The van der Waals surface area contributed by atoms with E-state index in [1.54, 1.807) is 0 Å². The molecule has 1 heterocycles. The summed E-state index contributed by atoms with van der Waals surface area (Å²) in [5.74, 6) is -0.0944. The summed E-state index contributed by atoms with van der Waals surface area (Å²) in [6.07, 6.45) is -0.130. The van der Waals surface area contributed by atoms with Crippen molar-refractivity contribution in [3.63, 3.8) is 0 Å². The van der Waals surface area contributed by atoms with Crippen molar-refractivity contribution in [1.29, 1.82) is 0 Å². The molecule has 23 heavy (non-hydrogen) atoms. The summed E-state index contributed by atoms with van der Waals surface area (Å²) in [4.78, 5) is 14.2. The second-order valence-electron chi connectivity index (χ2n) is 5.65. The highest BCUT2D eigenvalue weighted by molar-refractivity contribution is 6.02. The van der Waals surface area contributed by atoms with E-state index in [-0.39, 0.29) is 17.9 Å². The van der Waals surface area contributed by atoms with Crippen LogP contribution in [0.4, 0.5) is 0 Å². The standard InChI is InChI=1S/C15H19NO4.C2H7N/c1-8(2)19-11-7-5-6-10-12(11)14(20-9(3)4)13(16-10)15(17)18;1-3-2/h5-9,16H,1-4H3,(H,17,18);3H,1-2H3. The van der Waals surface area contributed by atoms with Gasteiger partial charge in [0.15, 0.2) is 11.4 Å². The van der Waals surface area contributed by atoms with Gasteiger partial charge in [-0.25, -0.2) is 4.79 Å². The summed E-state index contributed by atoms with van der Waals surface area (Å²) >= 11 is 0. The third-order valence-corrected chi connectivity index (χ3v) is 2.67. The van der Waals surface area contributed by atoms with Gasteiger partial charge in [0.05, 0.1) is 23.1 Å². The summed E-state index contributed by atoms with van der Waals surface area (Å²) in [5.41, 5.74) is 0.740. The maximum absolute atomic E-state index is 11.4. The number of fused-ring (bicyclic) bond motifs is 1. The smallest absolute Gasteiger partial charge is 0.356 e. The first-order valence-electron chi connectivity index (χ1n) is 7.61. The number of hydrogen-bond acceptors (Lipinski definition) is 4. The van der Waals surface area contributed by atoms with E-state index in [4.69, 9.17) is 9.47 Å². The van der Waals surface area contributed by atoms with Crippen molar-refractivity contribution in [3.8, 4) is 11.5 Å². The maximum atomic E-state index is 11.4. The number of aromatic amines is 1. The highest BCUT2D eigenvalue weighted by Gasteiger charge is 2.22. The van der Waals surface area contributed by atoms with Crippen LogP contribution in [0.1, 0.15) is 38.2 Å². The number of aromatic carboxylic acids is 1. The van der Waals surface area contributed by atoms with Gasteiger partial charge in [0, 0.05) is 0 Å². The van der Waals surface area contributed by atoms with Gasteiger partial charge in [-0.15, -0.1) is 0 Å². The van der Waals surface area contributed by atoms with Crippen LogP contribution in [-0.2, 0) is 0 Å². The lowest BCUT2D eigenvalue weighted by Crippen LogP contribution is -2.10. The van der Waals surface area contributed by atoms with Gasteiger partial charge in [-0.05, 0) is 53.9 Å². The number of rotatable bonds is 5. The first kappa shape index (κ1) is 18.8. The molecule has 0 fully saturated rings. The summed E-state index contributed by atoms with van der Waals surface area (Å²) in [6, 6.07) is 5.44. The molecule has 3 N–H and O–H groups in total. The van der Waals surface area contributed by atoms with E-state index in [0.29, 0.717) is 22.4 Å². The van der Waals surface area contributed by atoms with Gasteiger partial charge in [0.25, 0.3) is 0 Å². The largest absolute Gasteiger partial charge is 0.490 e. The Bertz CT molecular complexity index is 647. The molecule has 1 aromatic heterocycles. The Kier molecular flexibility index (Phi) is 6.90. The number of nitrogens with one attached hydrogen (secondary N) is 2. The molecule has 2 rings (SSSR count). The molecule has 0 unspecified atom stereocenters. The monoisotopic (exact) mass is 322 g/mol. The van der Waals surface area contributed by atoms with Crippen LogP contribution in [-0.4, -0.2) is 42.4 Å². The predicted molar refractivity (Wildman–Crippen MR) is 91.8 cm³/mol. The SMILES string of the molecule is CC(C)Oc1cccc2[nH]c(C(=O)O)c(OC(C)C)c12.CNC. The molecule has 2 aromatic rings. The topological polar surface area (TPSA) is 83.6 Å². The highest BCUT2D eigenvalue weighted by atomic mass is 16.5. The number of benzene rings is 1. The van der Waals surface area contributed by atoms with Crippen molar-refractivity contribution >= 4 is 16.9 Å². The van der Waals surface area contributed by atoms with Crippen LogP contribution >= 0.6 is 0 Å². The van der Waals surface area contributed by atoms with Crippen molar-refractivity contribution in [2.75, 3.05) is 14.1 Å². The van der Waals surface area contributed by atoms with Crippen molar-refractivity contribution in [2.24, 2.45) is 0 Å². The fraction of sp³-hybridized carbons (Fsp3) is 0.471. The molecule has 0 atom stereocenters. The molecular formula is C17H26N2O4. The first-order chi connectivity index (χ1) is 10.8. The molecule has 1 aromatic carbocycles. The number of aromatic nitrogens is 1. The van der Waals surface area contributed by atoms with Gasteiger partial charge >= 0.3 is 5.97 Å². The van der Waals surface area contributed by atoms with Gasteiger partial charge in [0.1, 0.15) is 5.75 Å². The normalized spacial score (nSPS) is 10.6. The molecule has 6 heteroatoms. The Morgan fingerprint density at radius 3 is 2.17 bits per heavy atom. The molecule has 6 nitrogen and oxygen atoms in total. The number of carbonyl (C=O) groups is 1. The Balaban J connectivity index is 0.000000816. The molecule has 0 radical (unpaired) electrons. The molecule has 0 bridgehead atoms. The zero-order valence-electron chi connectivity index (χ0n) is 14.6. The second-order valence-corrected chi connectivity index (χ2v) is 5.65. The van der Waals surface area contributed by atoms with Crippen LogP contribution in [0.5, 0.6) is 11.5 Å². The van der Waals surface area contributed by atoms with Crippen molar-refractivity contribution in [1.82, 2.24) is 10.3 Å². The number of hydrogen-bond donors (Lipinski definition) is 3. The number of ether oxygens (including phenoxy) is 2. The minimum absolute atomic E-state index is 0.00400. The Morgan fingerprint density at radius 1 is 1.13 bits per heavy atom. The summed E-state index contributed by atoms with van der Waals surface area (Å²) in [7, 11) is 3.75. The van der Waals surface area contributed by atoms with Gasteiger partial charge in [-0.2, -0.15) is 0 Å². The summed E-state index contributed by atoms with van der Waals surface area (Å²) < 4.78 is 11.4. The van der Waals surface area contributed by atoms with E-state index >= 15 is 0 Å². The number of H-pyrrole nitrogens is 1. The van der Waals surface area contributed by atoms with Crippen LogP contribution in [0, 0.1) is 0 Å². The summed E-state index contributed by atoms with van der Waals surface area (Å²) in [6.45, 7) is 7.56. The van der Waals surface area contributed by atoms with E-state index in [0.717, 1.165) is 0 Å². The highest BCUT2D eigenvalue weighted by Crippen LogP contribution is 2.38. The van der Waals surface area contributed by atoms with Crippen molar-refractivity contribution in [2.45, 2.75) is 39.9 Å². The maximum Gasteiger partial charge on any atom is 0.356 e. The average molecular weight is 322 g/mol. The van der Waals surface area contributed by atoms with Crippen LogP contribution in [0.2, 0.25) is 0 Å². The lowest BCUT2D eigenvalue weighted by molar-refractivity contribution is 0.0685. The Morgan fingerprint density at radius 2 is 1.70 bits per heavy atom. The predicted octanol–water partition coefficient (Wildman–Crippen LogP) is 3.28. The molecule has 128 valence electrons. The molecule has 0 aliphatic rings. The van der Waals surface area contributed by atoms with Crippen molar-refractivity contribution in [3.05, 3.63) is 23.9 Å². The van der Waals surface area contributed by atoms with E-state index in [1.807, 2.05) is 60.0 Å². The molecule has 0 saturated carbocycles. The Labute approximate surface area is 136 Å². The number of carboxylic acids is 1. The van der Waals surface area contributed by atoms with E-state index < -0.39 is 5.97 Å². The minimum Gasteiger partial charge on any atom is -0.490 e. The van der Waals surface area contributed by atoms with Crippen LogP contribution in [0.3, 0.4) is 0 Å². The Hall–Kier alpha value is -2.21. The van der Waals surface area contributed by atoms with E-state index in [2.05, 4.69) is 10.3 Å². The van der Waals surface area contributed by atoms with Gasteiger partial charge in [-0.3, -0.25) is 0 Å². The lowest BCUT2D eigenvalue weighted by atomic mass is 10.2. The van der Waals surface area contributed by atoms with Crippen LogP contribution < -0.4 is 14.8 Å². The van der Waals surface area contributed by atoms with E-state index in [1.165, 1.54) is 0 Å². The zero-order chi connectivity index (χ0) is 17.6. The van der Waals surface area contributed by atoms with Crippen molar-refractivity contribution < 1.29 is 19.4 Å². The molecule has 0 amide bonds. The quantitative estimate of drug-likeness (QED) is 0.787. The average Bonchev–Trinajstić information content (AvgIpc) is 2.78. The third kappa shape index (κ3) is 4.89. The van der Waals surface area contributed by atoms with E-state index in [9.17, 15) is 9.90 Å². The molecular weight excluding hydrogens is 296 g/mol. The second kappa shape index (κ2) is 8.43.